The van der Waals surface area contributed by atoms with Gasteiger partial charge in [0.1, 0.15) is 0 Å². The average molecular weight is 232 g/mol. The van der Waals surface area contributed by atoms with Gasteiger partial charge in [0.25, 0.3) is 0 Å². The van der Waals surface area contributed by atoms with E-state index >= 15 is 0 Å². The van der Waals surface area contributed by atoms with E-state index in [1.807, 2.05) is 48.7 Å². The summed E-state index contributed by atoms with van der Waals surface area (Å²) in [6, 6.07) is 11.7. The number of esters is 1. The van der Waals surface area contributed by atoms with Crippen LogP contribution in [0.1, 0.15) is 17.3 Å². The zero-order chi connectivity index (χ0) is 11.4. The Morgan fingerprint density at radius 2 is 2.00 bits per heavy atom. The van der Waals surface area contributed by atoms with Gasteiger partial charge in [0.15, 0.2) is 0 Å². The maximum absolute atomic E-state index is 11.7. The van der Waals surface area contributed by atoms with Crippen LogP contribution in [0.3, 0.4) is 0 Å². The quantitative estimate of drug-likeness (QED) is 0.756. The molecule has 0 atom stereocenters. The van der Waals surface area contributed by atoms with Crippen LogP contribution in [0.2, 0.25) is 0 Å². The average Bonchev–Trinajstić information content (AvgIpc) is 2.79. The molecule has 0 saturated carbocycles. The number of carbonyl (C=O) groups excluding carboxylic acids is 1. The molecule has 0 aliphatic carbocycles. The molecule has 0 N–H and O–H groups in total. The Balaban J connectivity index is 2.37. The van der Waals surface area contributed by atoms with Gasteiger partial charge in [-0.3, -0.25) is 0 Å². The SMILES string of the molecule is CCOC(=O)c1ccsc1-c1ccccc1. The van der Waals surface area contributed by atoms with E-state index in [4.69, 9.17) is 4.74 Å². The maximum Gasteiger partial charge on any atom is 0.339 e. The van der Waals surface area contributed by atoms with Crippen LogP contribution in [0.15, 0.2) is 41.8 Å². The first-order valence-electron chi connectivity index (χ1n) is 5.13. The molecule has 0 fully saturated rings. The highest BCUT2D eigenvalue weighted by Crippen LogP contribution is 2.29. The molecule has 0 bridgehead atoms. The molecule has 0 aliphatic rings. The van der Waals surface area contributed by atoms with Crippen LogP contribution in [0.4, 0.5) is 0 Å². The lowest BCUT2D eigenvalue weighted by Gasteiger charge is -2.03. The summed E-state index contributed by atoms with van der Waals surface area (Å²) in [6.45, 7) is 2.22. The summed E-state index contributed by atoms with van der Waals surface area (Å²) in [4.78, 5) is 12.7. The third-order valence-electron chi connectivity index (χ3n) is 2.20. The molecule has 2 nitrogen and oxygen atoms in total. The smallest absolute Gasteiger partial charge is 0.339 e. The van der Waals surface area contributed by atoms with Crippen molar-refractivity contribution in [3.8, 4) is 10.4 Å². The molecule has 1 heterocycles. The van der Waals surface area contributed by atoms with Crippen LogP contribution in [0, 0.1) is 0 Å². The monoisotopic (exact) mass is 232 g/mol. The minimum atomic E-state index is -0.248. The van der Waals surface area contributed by atoms with Crippen molar-refractivity contribution in [2.45, 2.75) is 6.92 Å². The van der Waals surface area contributed by atoms with Crippen molar-refractivity contribution in [1.82, 2.24) is 0 Å². The highest BCUT2D eigenvalue weighted by Gasteiger charge is 2.14. The largest absolute Gasteiger partial charge is 0.462 e. The predicted octanol–water partition coefficient (Wildman–Crippen LogP) is 3.59. The van der Waals surface area contributed by atoms with Gasteiger partial charge >= 0.3 is 5.97 Å². The molecule has 0 aliphatic heterocycles. The van der Waals surface area contributed by atoms with E-state index in [-0.39, 0.29) is 5.97 Å². The first-order chi connectivity index (χ1) is 7.83. The summed E-state index contributed by atoms with van der Waals surface area (Å²) in [6.07, 6.45) is 0. The van der Waals surface area contributed by atoms with E-state index in [2.05, 4.69) is 0 Å². The molecule has 82 valence electrons. The van der Waals surface area contributed by atoms with Crippen molar-refractivity contribution in [3.63, 3.8) is 0 Å². The third kappa shape index (κ3) is 2.14. The van der Waals surface area contributed by atoms with Gasteiger partial charge in [0, 0.05) is 4.88 Å². The molecular weight excluding hydrogens is 220 g/mol. The molecular formula is C13H12O2S. The number of rotatable bonds is 3. The van der Waals surface area contributed by atoms with E-state index in [0.29, 0.717) is 12.2 Å². The molecule has 0 radical (unpaired) electrons. The summed E-state index contributed by atoms with van der Waals surface area (Å²) in [7, 11) is 0. The molecule has 2 rings (SSSR count). The number of benzene rings is 1. The minimum Gasteiger partial charge on any atom is -0.462 e. The Bertz CT molecular complexity index is 474. The van der Waals surface area contributed by atoms with Gasteiger partial charge in [-0.25, -0.2) is 4.79 Å². The molecule has 0 amide bonds. The van der Waals surface area contributed by atoms with Crippen LogP contribution < -0.4 is 0 Å². The van der Waals surface area contributed by atoms with Gasteiger partial charge in [-0.05, 0) is 23.9 Å². The van der Waals surface area contributed by atoms with Crippen molar-refractivity contribution in [3.05, 3.63) is 47.3 Å². The fourth-order valence-corrected chi connectivity index (χ4v) is 2.38. The van der Waals surface area contributed by atoms with Crippen LogP contribution in [-0.4, -0.2) is 12.6 Å². The molecule has 0 spiro atoms. The van der Waals surface area contributed by atoms with Gasteiger partial charge in [-0.2, -0.15) is 0 Å². The summed E-state index contributed by atoms with van der Waals surface area (Å²) in [5.41, 5.74) is 1.71. The molecule has 2 aromatic rings. The van der Waals surface area contributed by atoms with E-state index in [1.165, 1.54) is 0 Å². The van der Waals surface area contributed by atoms with Crippen LogP contribution >= 0.6 is 11.3 Å². The Morgan fingerprint density at radius 1 is 1.25 bits per heavy atom. The topological polar surface area (TPSA) is 26.3 Å². The lowest BCUT2D eigenvalue weighted by atomic mass is 10.1. The molecule has 1 aromatic heterocycles. The van der Waals surface area contributed by atoms with Crippen molar-refractivity contribution < 1.29 is 9.53 Å². The molecule has 16 heavy (non-hydrogen) atoms. The Morgan fingerprint density at radius 3 is 2.69 bits per heavy atom. The molecule has 1 aromatic carbocycles. The summed E-state index contributed by atoms with van der Waals surface area (Å²) in [5, 5.41) is 1.91. The lowest BCUT2D eigenvalue weighted by Crippen LogP contribution is -2.04. The van der Waals surface area contributed by atoms with Crippen molar-refractivity contribution in [1.29, 1.82) is 0 Å². The van der Waals surface area contributed by atoms with Crippen LogP contribution in [-0.2, 0) is 4.74 Å². The zero-order valence-corrected chi connectivity index (χ0v) is 9.79. The fraction of sp³-hybridized carbons (Fsp3) is 0.154. The number of ether oxygens (including phenoxy) is 1. The molecule has 0 unspecified atom stereocenters. The van der Waals surface area contributed by atoms with Gasteiger partial charge in [0.05, 0.1) is 12.2 Å². The highest BCUT2D eigenvalue weighted by molar-refractivity contribution is 7.14. The van der Waals surface area contributed by atoms with Gasteiger partial charge in [-0.15, -0.1) is 11.3 Å². The normalized spacial score (nSPS) is 10.1. The number of hydrogen-bond acceptors (Lipinski definition) is 3. The Hall–Kier alpha value is -1.61. The van der Waals surface area contributed by atoms with Crippen molar-refractivity contribution in [2.75, 3.05) is 6.61 Å². The van der Waals surface area contributed by atoms with Crippen LogP contribution in [0.5, 0.6) is 0 Å². The summed E-state index contributed by atoms with van der Waals surface area (Å²) in [5.74, 6) is -0.248. The number of hydrogen-bond donors (Lipinski definition) is 0. The van der Waals surface area contributed by atoms with Crippen molar-refractivity contribution in [2.24, 2.45) is 0 Å². The second-order valence-corrected chi connectivity index (χ2v) is 4.17. The summed E-state index contributed by atoms with van der Waals surface area (Å²) >= 11 is 1.56. The van der Waals surface area contributed by atoms with E-state index < -0.39 is 0 Å². The standard InChI is InChI=1S/C13H12O2S/c1-2-15-13(14)11-8-9-16-12(11)10-6-4-3-5-7-10/h3-9H,2H2,1H3. The fourth-order valence-electron chi connectivity index (χ4n) is 1.49. The van der Waals surface area contributed by atoms with E-state index in [1.54, 1.807) is 11.3 Å². The van der Waals surface area contributed by atoms with Gasteiger partial charge < -0.3 is 4.74 Å². The van der Waals surface area contributed by atoms with E-state index in [0.717, 1.165) is 10.4 Å². The second-order valence-electron chi connectivity index (χ2n) is 3.25. The van der Waals surface area contributed by atoms with E-state index in [9.17, 15) is 4.79 Å². The second kappa shape index (κ2) is 4.94. The third-order valence-corrected chi connectivity index (χ3v) is 3.16. The first kappa shape index (κ1) is 10.9. The van der Waals surface area contributed by atoms with Crippen LogP contribution in [0.25, 0.3) is 10.4 Å². The maximum atomic E-state index is 11.7. The highest BCUT2D eigenvalue weighted by atomic mass is 32.1. The van der Waals surface area contributed by atoms with Gasteiger partial charge in [0.2, 0.25) is 0 Å². The number of thiophene rings is 1. The summed E-state index contributed by atoms with van der Waals surface area (Å²) < 4.78 is 5.02. The Labute approximate surface area is 98.5 Å². The number of carbonyl (C=O) groups is 1. The first-order valence-corrected chi connectivity index (χ1v) is 6.01. The molecule has 0 saturated heterocycles. The zero-order valence-electron chi connectivity index (χ0n) is 8.97. The predicted molar refractivity (Wildman–Crippen MR) is 65.7 cm³/mol. The molecule has 3 heteroatoms. The minimum absolute atomic E-state index is 0.248. The van der Waals surface area contributed by atoms with Gasteiger partial charge in [-0.1, -0.05) is 30.3 Å². The lowest BCUT2D eigenvalue weighted by molar-refractivity contribution is 0.0528. The Kier molecular flexibility index (Phi) is 3.37. The van der Waals surface area contributed by atoms with Crippen molar-refractivity contribution >= 4 is 17.3 Å².